The molecule has 4 nitrogen and oxygen atoms in total. The van der Waals surface area contributed by atoms with E-state index in [9.17, 15) is 9.59 Å². The molecule has 0 saturated carbocycles. The van der Waals surface area contributed by atoms with Crippen LogP contribution in [0.1, 0.15) is 77.6 Å². The first kappa shape index (κ1) is 20.7. The van der Waals surface area contributed by atoms with Crippen LogP contribution in [0, 0.1) is 5.92 Å². The lowest BCUT2D eigenvalue weighted by molar-refractivity contribution is -0.144. The Morgan fingerprint density at radius 2 is 1.64 bits per heavy atom. The van der Waals surface area contributed by atoms with Crippen LogP contribution >= 0.6 is 0 Å². The molecule has 0 fully saturated rings. The molecule has 0 aromatic heterocycles. The molecule has 0 saturated heterocycles. The van der Waals surface area contributed by atoms with Crippen molar-refractivity contribution in [2.24, 2.45) is 5.92 Å². The standard InChI is InChI=1S/C18H32O4/c1-3-4-5-6-7-8-9-10-11-12-13-16(18(21)22-2)14-15-17(19)20/h12-13,16H,3-11,14-15H2,1-2H3,(H,19,20). The van der Waals surface area contributed by atoms with Crippen molar-refractivity contribution in [2.75, 3.05) is 7.11 Å². The summed E-state index contributed by atoms with van der Waals surface area (Å²) in [7, 11) is 1.34. The van der Waals surface area contributed by atoms with Gasteiger partial charge >= 0.3 is 11.9 Å². The van der Waals surface area contributed by atoms with E-state index < -0.39 is 11.9 Å². The number of carboxylic acid groups (broad SMARTS) is 1. The van der Waals surface area contributed by atoms with Gasteiger partial charge in [-0.2, -0.15) is 0 Å². The first-order chi connectivity index (χ1) is 10.6. The normalized spacial score (nSPS) is 12.5. The predicted molar refractivity (Wildman–Crippen MR) is 88.7 cm³/mol. The summed E-state index contributed by atoms with van der Waals surface area (Å²) in [4.78, 5) is 22.1. The minimum Gasteiger partial charge on any atom is -0.481 e. The fourth-order valence-electron chi connectivity index (χ4n) is 2.38. The lowest BCUT2D eigenvalue weighted by Crippen LogP contribution is -2.15. The SMILES string of the molecule is CCCCCCCCCCC=CC(CCC(=O)O)C(=O)OC. The maximum atomic E-state index is 11.5. The van der Waals surface area contributed by atoms with Crippen LogP contribution in [0.15, 0.2) is 12.2 Å². The zero-order chi connectivity index (χ0) is 16.6. The molecule has 0 aliphatic rings. The van der Waals surface area contributed by atoms with E-state index in [2.05, 4.69) is 6.92 Å². The van der Waals surface area contributed by atoms with Gasteiger partial charge in [0.1, 0.15) is 0 Å². The summed E-state index contributed by atoms with van der Waals surface area (Å²) < 4.78 is 4.70. The van der Waals surface area contributed by atoms with Gasteiger partial charge < -0.3 is 9.84 Å². The van der Waals surface area contributed by atoms with Crippen LogP contribution in [-0.4, -0.2) is 24.2 Å². The third-order valence-electron chi connectivity index (χ3n) is 3.77. The lowest BCUT2D eigenvalue weighted by atomic mass is 10.0. The van der Waals surface area contributed by atoms with Gasteiger partial charge in [-0.15, -0.1) is 0 Å². The first-order valence-corrected chi connectivity index (χ1v) is 8.58. The molecule has 0 bridgehead atoms. The van der Waals surface area contributed by atoms with E-state index in [0.717, 1.165) is 12.8 Å². The van der Waals surface area contributed by atoms with Crippen molar-refractivity contribution in [3.63, 3.8) is 0 Å². The van der Waals surface area contributed by atoms with Crippen molar-refractivity contribution in [3.05, 3.63) is 12.2 Å². The molecule has 0 heterocycles. The van der Waals surface area contributed by atoms with Gasteiger partial charge in [-0.05, 0) is 19.3 Å². The number of hydrogen-bond acceptors (Lipinski definition) is 3. The van der Waals surface area contributed by atoms with Crippen molar-refractivity contribution < 1.29 is 19.4 Å². The second-order valence-electron chi connectivity index (χ2n) is 5.75. The molecule has 1 atom stereocenters. The topological polar surface area (TPSA) is 63.6 Å². The highest BCUT2D eigenvalue weighted by Gasteiger charge is 2.16. The van der Waals surface area contributed by atoms with Crippen LogP contribution in [0.3, 0.4) is 0 Å². The minimum atomic E-state index is -0.884. The summed E-state index contributed by atoms with van der Waals surface area (Å²) >= 11 is 0. The van der Waals surface area contributed by atoms with E-state index in [-0.39, 0.29) is 12.4 Å². The number of unbranched alkanes of at least 4 members (excludes halogenated alkanes) is 8. The zero-order valence-corrected chi connectivity index (χ0v) is 14.2. The molecule has 22 heavy (non-hydrogen) atoms. The highest BCUT2D eigenvalue weighted by molar-refractivity contribution is 5.75. The molecule has 1 unspecified atom stereocenters. The molecule has 0 aliphatic carbocycles. The zero-order valence-electron chi connectivity index (χ0n) is 14.2. The maximum Gasteiger partial charge on any atom is 0.312 e. The van der Waals surface area contributed by atoms with E-state index in [1.165, 1.54) is 52.1 Å². The van der Waals surface area contributed by atoms with Crippen LogP contribution in [-0.2, 0) is 14.3 Å². The minimum absolute atomic E-state index is 0.0120. The molecule has 0 aliphatic heterocycles. The Hall–Kier alpha value is -1.32. The summed E-state index contributed by atoms with van der Waals surface area (Å²) in [6, 6.07) is 0. The molecule has 128 valence electrons. The summed E-state index contributed by atoms with van der Waals surface area (Å²) in [6.45, 7) is 2.23. The van der Waals surface area contributed by atoms with E-state index >= 15 is 0 Å². The van der Waals surface area contributed by atoms with E-state index in [4.69, 9.17) is 9.84 Å². The number of carboxylic acids is 1. The molecule has 0 aromatic rings. The molecule has 0 radical (unpaired) electrons. The molecule has 0 aromatic carbocycles. The van der Waals surface area contributed by atoms with Crippen LogP contribution in [0.5, 0.6) is 0 Å². The highest BCUT2D eigenvalue weighted by Crippen LogP contribution is 2.13. The maximum absolute atomic E-state index is 11.5. The lowest BCUT2D eigenvalue weighted by Gasteiger charge is -2.08. The van der Waals surface area contributed by atoms with Gasteiger partial charge in [-0.1, -0.05) is 64.0 Å². The molecular weight excluding hydrogens is 280 g/mol. The van der Waals surface area contributed by atoms with E-state index in [0.29, 0.717) is 6.42 Å². The van der Waals surface area contributed by atoms with E-state index in [1.807, 2.05) is 6.08 Å². The Labute approximate surface area is 134 Å². The second-order valence-corrected chi connectivity index (χ2v) is 5.75. The molecule has 0 rings (SSSR count). The molecule has 1 N–H and O–H groups in total. The van der Waals surface area contributed by atoms with Gasteiger partial charge in [0.05, 0.1) is 13.0 Å². The van der Waals surface area contributed by atoms with Gasteiger partial charge in [0.2, 0.25) is 0 Å². The summed E-state index contributed by atoms with van der Waals surface area (Å²) in [5, 5.41) is 8.69. The van der Waals surface area contributed by atoms with E-state index in [1.54, 1.807) is 6.08 Å². The number of carbonyl (C=O) groups is 2. The number of ether oxygens (including phenoxy) is 1. The fraction of sp³-hybridized carbons (Fsp3) is 0.778. The highest BCUT2D eigenvalue weighted by atomic mass is 16.5. The third kappa shape index (κ3) is 12.4. The molecule has 0 spiro atoms. The van der Waals surface area contributed by atoms with Crippen molar-refractivity contribution in [2.45, 2.75) is 77.6 Å². The largest absolute Gasteiger partial charge is 0.481 e. The Morgan fingerprint density at radius 1 is 1.05 bits per heavy atom. The molecular formula is C18H32O4. The van der Waals surface area contributed by atoms with Gasteiger partial charge in [0.25, 0.3) is 0 Å². The Morgan fingerprint density at radius 3 is 2.18 bits per heavy atom. The number of aliphatic carboxylic acids is 1. The smallest absolute Gasteiger partial charge is 0.312 e. The summed E-state index contributed by atoms with van der Waals surface area (Å²) in [6.07, 6.45) is 15.3. The van der Waals surface area contributed by atoms with Gasteiger partial charge in [-0.3, -0.25) is 9.59 Å². The van der Waals surface area contributed by atoms with Crippen LogP contribution in [0.2, 0.25) is 0 Å². The van der Waals surface area contributed by atoms with Gasteiger partial charge in [-0.25, -0.2) is 0 Å². The Bertz CT molecular complexity index is 323. The third-order valence-corrected chi connectivity index (χ3v) is 3.77. The number of hydrogen-bond donors (Lipinski definition) is 1. The molecule has 0 amide bonds. The number of esters is 1. The van der Waals surface area contributed by atoms with Crippen LogP contribution in [0.4, 0.5) is 0 Å². The van der Waals surface area contributed by atoms with Gasteiger partial charge in [0.15, 0.2) is 0 Å². The first-order valence-electron chi connectivity index (χ1n) is 8.58. The molecule has 4 heteroatoms. The van der Waals surface area contributed by atoms with Crippen LogP contribution in [0.25, 0.3) is 0 Å². The Kier molecular flexibility index (Phi) is 13.7. The number of methoxy groups -OCH3 is 1. The fourth-order valence-corrected chi connectivity index (χ4v) is 2.38. The number of rotatable bonds is 14. The predicted octanol–water partition coefficient (Wildman–Crippen LogP) is 4.73. The van der Waals surface area contributed by atoms with Crippen molar-refractivity contribution >= 4 is 11.9 Å². The summed E-state index contributed by atoms with van der Waals surface area (Å²) in [5.74, 6) is -1.67. The Balaban J connectivity index is 3.76. The number of allylic oxidation sites excluding steroid dienone is 1. The van der Waals surface area contributed by atoms with Crippen molar-refractivity contribution in [1.29, 1.82) is 0 Å². The average Bonchev–Trinajstić information content (AvgIpc) is 2.51. The quantitative estimate of drug-likeness (QED) is 0.286. The second kappa shape index (κ2) is 14.6. The number of carbonyl (C=O) groups excluding carboxylic acids is 1. The summed E-state index contributed by atoms with van der Waals surface area (Å²) in [5.41, 5.74) is 0. The van der Waals surface area contributed by atoms with Gasteiger partial charge in [0, 0.05) is 6.42 Å². The monoisotopic (exact) mass is 312 g/mol. The average molecular weight is 312 g/mol. The van der Waals surface area contributed by atoms with Crippen molar-refractivity contribution in [1.82, 2.24) is 0 Å². The van der Waals surface area contributed by atoms with Crippen molar-refractivity contribution in [3.8, 4) is 0 Å². The van der Waals surface area contributed by atoms with Crippen LogP contribution < -0.4 is 0 Å².